The van der Waals surface area contributed by atoms with E-state index in [4.69, 9.17) is 11.6 Å². The van der Waals surface area contributed by atoms with E-state index in [1.54, 1.807) is 50.4 Å². The van der Waals surface area contributed by atoms with E-state index in [9.17, 15) is 13.2 Å². The minimum absolute atomic E-state index is 0.210. The summed E-state index contributed by atoms with van der Waals surface area (Å²) in [5, 5.41) is 2.83. The molecule has 0 radical (unpaired) electrons. The highest BCUT2D eigenvalue weighted by atomic mass is 35.5. The van der Waals surface area contributed by atoms with Crippen molar-refractivity contribution in [1.82, 2.24) is 15.0 Å². The fourth-order valence-electron chi connectivity index (χ4n) is 3.06. The van der Waals surface area contributed by atoms with Crippen LogP contribution >= 0.6 is 11.6 Å². The van der Waals surface area contributed by atoms with Gasteiger partial charge in [-0.1, -0.05) is 29.8 Å². The van der Waals surface area contributed by atoms with Gasteiger partial charge in [-0.2, -0.15) is 0 Å². The van der Waals surface area contributed by atoms with E-state index >= 15 is 0 Å². The number of nitrogens with zero attached hydrogens (tertiary/aromatic N) is 3. The van der Waals surface area contributed by atoms with E-state index in [-0.39, 0.29) is 17.0 Å². The number of carbonyl (C=O) groups excluding carboxylic acids is 1. The van der Waals surface area contributed by atoms with Crippen molar-refractivity contribution in [3.8, 4) is 11.3 Å². The molecule has 0 unspecified atom stereocenters. The Hall–Kier alpha value is -3.04. The molecule has 166 valence electrons. The Kier molecular flexibility index (Phi) is 5.87. The van der Waals surface area contributed by atoms with Crippen LogP contribution in [0.25, 0.3) is 11.3 Å². The minimum Gasteiger partial charge on any atom is -0.325 e. The molecule has 0 atom stereocenters. The third kappa shape index (κ3) is 4.89. The van der Waals surface area contributed by atoms with Gasteiger partial charge in [-0.25, -0.2) is 18.4 Å². The number of hydrogen-bond acceptors (Lipinski definition) is 6. The van der Waals surface area contributed by atoms with Crippen molar-refractivity contribution in [3.05, 3.63) is 65.7 Å². The molecule has 1 aliphatic carbocycles. The van der Waals surface area contributed by atoms with Crippen LogP contribution in [0.4, 0.5) is 11.5 Å². The quantitative estimate of drug-likeness (QED) is 0.538. The Morgan fingerprint density at radius 1 is 1.06 bits per heavy atom. The normalized spacial score (nSPS) is 14.1. The molecule has 2 heterocycles. The fourth-order valence-corrected chi connectivity index (χ4v) is 4.53. The predicted octanol–water partition coefficient (Wildman–Crippen LogP) is 4.01. The van der Waals surface area contributed by atoms with Crippen LogP contribution in [0.15, 0.2) is 54.9 Å². The summed E-state index contributed by atoms with van der Waals surface area (Å²) in [7, 11) is -3.43. The third-order valence-electron chi connectivity index (χ3n) is 5.21. The molecule has 0 bridgehead atoms. The molecule has 10 heteroatoms. The number of anilines is 2. The van der Waals surface area contributed by atoms with Crippen LogP contribution in [0.5, 0.6) is 0 Å². The van der Waals surface area contributed by atoms with Gasteiger partial charge in [0.2, 0.25) is 15.9 Å². The van der Waals surface area contributed by atoms with E-state index in [2.05, 4.69) is 25.0 Å². The van der Waals surface area contributed by atoms with E-state index in [0.29, 0.717) is 35.1 Å². The largest absolute Gasteiger partial charge is 0.325 e. The monoisotopic (exact) mass is 471 g/mol. The molecule has 2 N–H and O–H groups in total. The summed E-state index contributed by atoms with van der Waals surface area (Å²) in [6.07, 6.45) is 4.39. The third-order valence-corrected chi connectivity index (χ3v) is 7.24. The van der Waals surface area contributed by atoms with Crippen LogP contribution in [0.2, 0.25) is 5.15 Å². The molecule has 1 saturated carbocycles. The van der Waals surface area contributed by atoms with Gasteiger partial charge < -0.3 is 5.32 Å². The zero-order valence-corrected chi connectivity index (χ0v) is 19.1. The Morgan fingerprint density at radius 3 is 2.44 bits per heavy atom. The number of aromatic nitrogens is 3. The Morgan fingerprint density at radius 2 is 1.78 bits per heavy atom. The van der Waals surface area contributed by atoms with Gasteiger partial charge >= 0.3 is 0 Å². The fraction of sp³-hybridized carbons (Fsp3) is 0.273. The second-order valence-corrected chi connectivity index (χ2v) is 10.5. The lowest BCUT2D eigenvalue weighted by molar-refractivity contribution is -0.120. The van der Waals surface area contributed by atoms with Gasteiger partial charge in [0, 0.05) is 11.3 Å². The highest BCUT2D eigenvalue weighted by Crippen LogP contribution is 2.30. The minimum atomic E-state index is -3.43. The first-order chi connectivity index (χ1) is 15.1. The number of benzene rings is 1. The van der Waals surface area contributed by atoms with Crippen molar-refractivity contribution in [2.75, 3.05) is 10.0 Å². The summed E-state index contributed by atoms with van der Waals surface area (Å²) < 4.78 is 26.9. The van der Waals surface area contributed by atoms with Crippen LogP contribution in [-0.4, -0.2) is 34.5 Å². The second kappa shape index (κ2) is 8.48. The lowest BCUT2D eigenvalue weighted by atomic mass is 9.87. The molecular formula is C22H22ClN5O3S. The van der Waals surface area contributed by atoms with Gasteiger partial charge in [0.15, 0.2) is 0 Å². The van der Waals surface area contributed by atoms with Crippen LogP contribution in [-0.2, 0) is 20.2 Å². The van der Waals surface area contributed by atoms with Gasteiger partial charge in [-0.05, 0) is 51.0 Å². The second-order valence-electron chi connectivity index (χ2n) is 8.14. The number of rotatable bonds is 7. The first-order valence-corrected chi connectivity index (χ1v) is 12.0. The maximum absolute atomic E-state index is 13.0. The molecule has 2 aromatic heterocycles. The topological polar surface area (TPSA) is 114 Å². The number of carbonyl (C=O) groups is 1. The number of sulfonamides is 1. The number of amides is 1. The number of nitrogens with one attached hydrogen (secondary N) is 2. The van der Waals surface area contributed by atoms with Crippen LogP contribution < -0.4 is 10.0 Å². The number of halogens is 1. The van der Waals surface area contributed by atoms with E-state index < -0.39 is 15.4 Å². The summed E-state index contributed by atoms with van der Waals surface area (Å²) in [6, 6.07) is 12.1. The standard InChI is InChI=1S/C22H22ClN5O3S/c1-22(2,18-4-3-5-20(27-18)28-32(30,31)16-10-11-16)21(29)25-15-8-6-14(7-9-15)17-12-24-13-19(23)26-17/h3-9,12-13,16H,10-11H2,1-2H3,(H,25,29)(H,27,28). The van der Waals surface area contributed by atoms with E-state index in [1.165, 1.54) is 6.20 Å². The average Bonchev–Trinajstić information content (AvgIpc) is 3.60. The number of hydrogen-bond donors (Lipinski definition) is 2. The summed E-state index contributed by atoms with van der Waals surface area (Å²) in [5.41, 5.74) is 1.50. The molecule has 1 aromatic carbocycles. The molecule has 32 heavy (non-hydrogen) atoms. The van der Waals surface area contributed by atoms with Gasteiger partial charge in [0.05, 0.1) is 34.4 Å². The zero-order chi connectivity index (χ0) is 22.9. The van der Waals surface area contributed by atoms with E-state index in [1.807, 2.05) is 12.1 Å². The molecule has 0 saturated heterocycles. The van der Waals surface area contributed by atoms with Crippen molar-refractivity contribution < 1.29 is 13.2 Å². The van der Waals surface area contributed by atoms with Crippen molar-refractivity contribution in [3.63, 3.8) is 0 Å². The van der Waals surface area contributed by atoms with Gasteiger partial charge in [-0.15, -0.1) is 0 Å². The van der Waals surface area contributed by atoms with Crippen molar-refractivity contribution in [1.29, 1.82) is 0 Å². The molecule has 8 nitrogen and oxygen atoms in total. The molecule has 0 aliphatic heterocycles. The Labute approximate surface area is 191 Å². The first-order valence-electron chi connectivity index (χ1n) is 10.0. The molecule has 1 amide bonds. The number of pyridine rings is 1. The van der Waals surface area contributed by atoms with Crippen LogP contribution in [0.1, 0.15) is 32.4 Å². The van der Waals surface area contributed by atoms with Crippen molar-refractivity contribution >= 4 is 39.0 Å². The van der Waals surface area contributed by atoms with Crippen LogP contribution in [0, 0.1) is 0 Å². The lowest BCUT2D eigenvalue weighted by Gasteiger charge is -2.23. The summed E-state index contributed by atoms with van der Waals surface area (Å²) in [6.45, 7) is 3.47. The first kappa shape index (κ1) is 22.2. The Balaban J connectivity index is 1.48. The summed E-state index contributed by atoms with van der Waals surface area (Å²) >= 11 is 5.89. The molecule has 1 fully saturated rings. The smallest absolute Gasteiger partial charge is 0.236 e. The van der Waals surface area contributed by atoms with Crippen molar-refractivity contribution in [2.24, 2.45) is 0 Å². The zero-order valence-electron chi connectivity index (χ0n) is 17.5. The Bertz CT molecular complexity index is 1260. The highest BCUT2D eigenvalue weighted by molar-refractivity contribution is 7.93. The SMILES string of the molecule is CC(C)(C(=O)Nc1ccc(-c2cncc(Cl)n2)cc1)c1cccc(NS(=O)(=O)C2CC2)n1. The predicted molar refractivity (Wildman–Crippen MR) is 124 cm³/mol. The molecule has 3 aromatic rings. The van der Waals surface area contributed by atoms with Crippen LogP contribution in [0.3, 0.4) is 0 Å². The van der Waals surface area contributed by atoms with Gasteiger partial charge in [-0.3, -0.25) is 14.5 Å². The highest BCUT2D eigenvalue weighted by Gasteiger charge is 2.36. The van der Waals surface area contributed by atoms with E-state index in [0.717, 1.165) is 5.56 Å². The average molecular weight is 472 g/mol. The molecular weight excluding hydrogens is 450 g/mol. The maximum Gasteiger partial charge on any atom is 0.236 e. The summed E-state index contributed by atoms with van der Waals surface area (Å²) in [5.74, 6) is -0.0650. The maximum atomic E-state index is 13.0. The molecule has 0 spiro atoms. The van der Waals surface area contributed by atoms with Crippen molar-refractivity contribution in [2.45, 2.75) is 37.4 Å². The van der Waals surface area contributed by atoms with Gasteiger partial charge in [0.1, 0.15) is 11.0 Å². The lowest BCUT2D eigenvalue weighted by Crippen LogP contribution is -2.35. The molecule has 1 aliphatic rings. The summed E-state index contributed by atoms with van der Waals surface area (Å²) in [4.78, 5) is 25.7. The molecule has 4 rings (SSSR count). The van der Waals surface area contributed by atoms with Gasteiger partial charge in [0.25, 0.3) is 0 Å².